The number of esters is 1. The van der Waals surface area contributed by atoms with Gasteiger partial charge in [-0.05, 0) is 31.2 Å². The van der Waals surface area contributed by atoms with Gasteiger partial charge in [-0.25, -0.2) is 17.6 Å². The van der Waals surface area contributed by atoms with E-state index in [1.165, 1.54) is 36.7 Å². The largest absolute Gasteiger partial charge is 0.462 e. The van der Waals surface area contributed by atoms with E-state index in [-0.39, 0.29) is 22.8 Å². The van der Waals surface area contributed by atoms with Crippen LogP contribution in [0.5, 0.6) is 0 Å². The van der Waals surface area contributed by atoms with Crippen molar-refractivity contribution in [3.05, 3.63) is 52.6 Å². The molecule has 0 atom stereocenters. The number of aromatic nitrogens is 1. The van der Waals surface area contributed by atoms with Crippen molar-refractivity contribution in [3.8, 4) is 0 Å². The van der Waals surface area contributed by atoms with E-state index in [0.717, 1.165) is 16.4 Å². The van der Waals surface area contributed by atoms with Crippen molar-refractivity contribution in [2.24, 2.45) is 0 Å². The smallest absolute Gasteiger partial charge is 0.341 e. The minimum absolute atomic E-state index is 0.0472. The summed E-state index contributed by atoms with van der Waals surface area (Å²) in [6, 6.07) is 4.49. The fourth-order valence-electron chi connectivity index (χ4n) is 2.49. The standard InChI is InChI=1S/C17H15FN2O4S2/c1-3-24-17(21)13-8-19-15-10-25-9-14(15)16(13)20(2)26(22,23)12-6-4-11(18)5-7-12/h4-10H,3H2,1-2H3. The highest BCUT2D eigenvalue weighted by molar-refractivity contribution is 7.92. The Hall–Kier alpha value is -2.52. The average Bonchev–Trinajstić information content (AvgIpc) is 3.09. The van der Waals surface area contributed by atoms with Crippen molar-refractivity contribution in [1.29, 1.82) is 0 Å². The topological polar surface area (TPSA) is 76.6 Å². The molecule has 3 aromatic rings. The monoisotopic (exact) mass is 394 g/mol. The van der Waals surface area contributed by atoms with E-state index in [1.807, 2.05) is 0 Å². The van der Waals surface area contributed by atoms with Gasteiger partial charge in [-0.15, -0.1) is 11.3 Å². The first-order chi connectivity index (χ1) is 12.4. The van der Waals surface area contributed by atoms with Crippen LogP contribution < -0.4 is 4.31 Å². The van der Waals surface area contributed by atoms with Crippen LogP contribution in [-0.4, -0.2) is 33.0 Å². The summed E-state index contributed by atoms with van der Waals surface area (Å²) in [5, 5.41) is 4.00. The lowest BCUT2D eigenvalue weighted by Gasteiger charge is -2.22. The molecule has 26 heavy (non-hydrogen) atoms. The summed E-state index contributed by atoms with van der Waals surface area (Å²) in [5.41, 5.74) is 0.796. The van der Waals surface area contributed by atoms with E-state index in [4.69, 9.17) is 4.74 Å². The summed E-state index contributed by atoms with van der Waals surface area (Å²) in [5.74, 6) is -1.20. The highest BCUT2D eigenvalue weighted by atomic mass is 32.2. The molecule has 2 heterocycles. The van der Waals surface area contributed by atoms with Crippen LogP contribution in [0.4, 0.5) is 10.1 Å². The number of fused-ring (bicyclic) bond motifs is 1. The highest BCUT2D eigenvalue weighted by Crippen LogP contribution is 2.34. The Labute approximate surface area is 153 Å². The third-order valence-corrected chi connectivity index (χ3v) is 6.27. The summed E-state index contributed by atoms with van der Waals surface area (Å²) in [4.78, 5) is 16.4. The second-order valence-corrected chi connectivity index (χ2v) is 8.05. The normalized spacial score (nSPS) is 11.5. The van der Waals surface area contributed by atoms with Crippen LogP contribution in [0.25, 0.3) is 10.9 Å². The number of rotatable bonds is 5. The third-order valence-electron chi connectivity index (χ3n) is 3.77. The Morgan fingerprint density at radius 3 is 2.62 bits per heavy atom. The number of benzene rings is 1. The van der Waals surface area contributed by atoms with Crippen molar-refractivity contribution in [2.45, 2.75) is 11.8 Å². The molecule has 9 heteroatoms. The molecular weight excluding hydrogens is 379 g/mol. The van der Waals surface area contributed by atoms with Gasteiger partial charge in [0.25, 0.3) is 10.0 Å². The highest BCUT2D eigenvalue weighted by Gasteiger charge is 2.28. The number of halogens is 1. The van der Waals surface area contributed by atoms with Crippen LogP contribution in [0.3, 0.4) is 0 Å². The minimum atomic E-state index is -4.01. The third kappa shape index (κ3) is 3.15. The molecule has 1 aromatic carbocycles. The predicted octanol–water partition coefficient (Wildman–Crippen LogP) is 3.44. The Morgan fingerprint density at radius 2 is 1.96 bits per heavy atom. The number of thiophene rings is 1. The van der Waals surface area contributed by atoms with Gasteiger partial charge in [0.15, 0.2) is 0 Å². The van der Waals surface area contributed by atoms with Crippen LogP contribution in [0.15, 0.2) is 46.1 Å². The second-order valence-electron chi connectivity index (χ2n) is 5.34. The molecule has 0 aliphatic rings. The van der Waals surface area contributed by atoms with Crippen LogP contribution in [-0.2, 0) is 14.8 Å². The zero-order valence-electron chi connectivity index (χ0n) is 14.0. The van der Waals surface area contributed by atoms with Crippen molar-refractivity contribution in [1.82, 2.24) is 4.98 Å². The predicted molar refractivity (Wildman–Crippen MR) is 97.6 cm³/mol. The molecule has 0 saturated carbocycles. The van der Waals surface area contributed by atoms with Gasteiger partial charge in [-0.3, -0.25) is 9.29 Å². The molecule has 0 aliphatic carbocycles. The molecule has 0 amide bonds. The van der Waals surface area contributed by atoms with Gasteiger partial charge >= 0.3 is 5.97 Å². The van der Waals surface area contributed by atoms with Gasteiger partial charge in [0.2, 0.25) is 0 Å². The lowest BCUT2D eigenvalue weighted by atomic mass is 10.1. The van der Waals surface area contributed by atoms with Gasteiger partial charge in [0, 0.05) is 29.4 Å². The van der Waals surface area contributed by atoms with Crippen LogP contribution in [0.2, 0.25) is 0 Å². The molecule has 0 saturated heterocycles. The molecule has 3 rings (SSSR count). The quantitative estimate of drug-likeness (QED) is 0.620. The molecule has 0 unspecified atom stereocenters. The van der Waals surface area contributed by atoms with E-state index in [0.29, 0.717) is 10.9 Å². The molecular formula is C17H15FN2O4S2. The lowest BCUT2D eigenvalue weighted by molar-refractivity contribution is 0.0527. The van der Waals surface area contributed by atoms with Gasteiger partial charge in [-0.2, -0.15) is 0 Å². The van der Waals surface area contributed by atoms with E-state index in [9.17, 15) is 17.6 Å². The summed E-state index contributed by atoms with van der Waals surface area (Å²) in [6.45, 7) is 1.81. The number of pyridine rings is 1. The first kappa shape index (κ1) is 18.3. The van der Waals surface area contributed by atoms with E-state index < -0.39 is 21.8 Å². The maximum absolute atomic E-state index is 13.1. The molecule has 0 N–H and O–H groups in total. The number of nitrogens with zero attached hydrogens (tertiary/aromatic N) is 2. The number of hydrogen-bond donors (Lipinski definition) is 0. The van der Waals surface area contributed by atoms with Crippen molar-refractivity contribution in [2.75, 3.05) is 18.0 Å². The molecule has 6 nitrogen and oxygen atoms in total. The number of anilines is 1. The molecule has 0 aliphatic heterocycles. The summed E-state index contributed by atoms with van der Waals surface area (Å²) < 4.78 is 45.1. The molecule has 136 valence electrons. The summed E-state index contributed by atoms with van der Waals surface area (Å²) in [7, 11) is -2.67. The Kier molecular flexibility index (Phi) is 4.92. The molecule has 0 fully saturated rings. The molecule has 0 bridgehead atoms. The average molecular weight is 394 g/mol. The SMILES string of the molecule is CCOC(=O)c1cnc2cscc2c1N(C)S(=O)(=O)c1ccc(F)cc1. The van der Waals surface area contributed by atoms with Gasteiger partial charge in [0.05, 0.1) is 22.7 Å². The van der Waals surface area contributed by atoms with Crippen molar-refractivity contribution < 1.29 is 22.3 Å². The molecule has 0 spiro atoms. The minimum Gasteiger partial charge on any atom is -0.462 e. The van der Waals surface area contributed by atoms with E-state index in [2.05, 4.69) is 4.98 Å². The summed E-state index contributed by atoms with van der Waals surface area (Å²) in [6.07, 6.45) is 1.30. The fourth-order valence-corrected chi connectivity index (χ4v) is 4.48. The first-order valence-electron chi connectivity index (χ1n) is 7.62. The molecule has 2 aromatic heterocycles. The lowest BCUT2D eigenvalue weighted by Crippen LogP contribution is -2.28. The van der Waals surface area contributed by atoms with Crippen LogP contribution in [0.1, 0.15) is 17.3 Å². The zero-order chi connectivity index (χ0) is 18.9. The van der Waals surface area contributed by atoms with Gasteiger partial charge in [0.1, 0.15) is 11.4 Å². The van der Waals surface area contributed by atoms with Crippen molar-refractivity contribution >= 4 is 43.9 Å². The van der Waals surface area contributed by atoms with Gasteiger partial charge < -0.3 is 4.74 Å². The number of carbonyl (C=O) groups is 1. The maximum atomic E-state index is 13.1. The molecule has 0 radical (unpaired) electrons. The Morgan fingerprint density at radius 1 is 1.27 bits per heavy atom. The fraction of sp³-hybridized carbons (Fsp3) is 0.176. The Bertz CT molecular complexity index is 1060. The number of sulfonamides is 1. The Balaban J connectivity index is 2.19. The number of carbonyl (C=O) groups excluding carboxylic acids is 1. The summed E-state index contributed by atoms with van der Waals surface area (Å²) >= 11 is 1.34. The number of hydrogen-bond acceptors (Lipinski definition) is 6. The van der Waals surface area contributed by atoms with Crippen molar-refractivity contribution in [3.63, 3.8) is 0 Å². The maximum Gasteiger partial charge on any atom is 0.341 e. The first-order valence-corrected chi connectivity index (χ1v) is 10.0. The second kappa shape index (κ2) is 7.00. The van der Waals surface area contributed by atoms with E-state index in [1.54, 1.807) is 17.7 Å². The number of ether oxygens (including phenoxy) is 1. The van der Waals surface area contributed by atoms with E-state index >= 15 is 0 Å². The van der Waals surface area contributed by atoms with Crippen LogP contribution in [0, 0.1) is 5.82 Å². The van der Waals surface area contributed by atoms with Gasteiger partial charge in [-0.1, -0.05) is 0 Å². The van der Waals surface area contributed by atoms with Crippen LogP contribution >= 0.6 is 11.3 Å². The zero-order valence-corrected chi connectivity index (χ0v) is 15.6.